The van der Waals surface area contributed by atoms with Gasteiger partial charge in [-0.15, -0.1) is 0 Å². The van der Waals surface area contributed by atoms with Crippen molar-refractivity contribution in [3.8, 4) is 0 Å². The molecule has 72 valence electrons. The minimum Gasteiger partial charge on any atom is -0.349 e. The van der Waals surface area contributed by atoms with Gasteiger partial charge in [-0.05, 0) is 22.4 Å². The average Bonchev–Trinajstić information content (AvgIpc) is 2.59. The normalized spacial score (nSPS) is 10.7. The predicted molar refractivity (Wildman–Crippen MR) is 50.8 cm³/mol. The van der Waals surface area contributed by atoms with Gasteiger partial charge in [0.15, 0.2) is 5.78 Å². The van der Waals surface area contributed by atoms with E-state index in [4.69, 9.17) is 9.47 Å². The van der Waals surface area contributed by atoms with Crippen LogP contribution in [0.15, 0.2) is 16.8 Å². The number of rotatable bonds is 5. The Morgan fingerprint density at radius 1 is 1.54 bits per heavy atom. The Morgan fingerprint density at radius 3 is 2.69 bits per heavy atom. The number of hydrogen-bond donors (Lipinski definition) is 0. The van der Waals surface area contributed by atoms with Crippen molar-refractivity contribution in [2.24, 2.45) is 0 Å². The topological polar surface area (TPSA) is 35.5 Å². The molecule has 0 spiro atoms. The number of carbonyl (C=O) groups excluding carboxylic acids is 1. The van der Waals surface area contributed by atoms with Crippen LogP contribution in [0.25, 0.3) is 0 Å². The highest BCUT2D eigenvalue weighted by Crippen LogP contribution is 2.08. The molecule has 0 aliphatic carbocycles. The lowest BCUT2D eigenvalue weighted by molar-refractivity contribution is -0.155. The van der Waals surface area contributed by atoms with Crippen LogP contribution in [0, 0.1) is 0 Å². The van der Waals surface area contributed by atoms with Crippen LogP contribution in [-0.4, -0.2) is 26.3 Å². The number of thiophene rings is 1. The fourth-order valence-electron chi connectivity index (χ4n) is 1.04. The highest BCUT2D eigenvalue weighted by atomic mass is 32.1. The minimum atomic E-state index is -0.736. The van der Waals surface area contributed by atoms with E-state index in [-0.39, 0.29) is 5.78 Å². The predicted octanol–water partition coefficient (Wildman–Crippen LogP) is 1.48. The summed E-state index contributed by atoms with van der Waals surface area (Å²) in [6, 6.07) is 1.92. The fourth-order valence-corrected chi connectivity index (χ4v) is 1.71. The monoisotopic (exact) mass is 200 g/mol. The zero-order valence-electron chi connectivity index (χ0n) is 7.65. The summed E-state index contributed by atoms with van der Waals surface area (Å²) in [5, 5.41) is 3.89. The van der Waals surface area contributed by atoms with Gasteiger partial charge in [0, 0.05) is 20.6 Å². The lowest BCUT2D eigenvalue weighted by atomic mass is 10.2. The van der Waals surface area contributed by atoms with E-state index in [0.717, 1.165) is 5.56 Å². The van der Waals surface area contributed by atoms with E-state index < -0.39 is 6.29 Å². The molecule has 0 fully saturated rings. The van der Waals surface area contributed by atoms with Crippen molar-refractivity contribution in [3.05, 3.63) is 22.4 Å². The van der Waals surface area contributed by atoms with Crippen molar-refractivity contribution >= 4 is 17.1 Å². The zero-order valence-corrected chi connectivity index (χ0v) is 8.47. The van der Waals surface area contributed by atoms with Gasteiger partial charge in [-0.1, -0.05) is 0 Å². The molecule has 0 saturated heterocycles. The molecule has 1 heterocycles. The maximum atomic E-state index is 11.4. The summed E-state index contributed by atoms with van der Waals surface area (Å²) < 4.78 is 9.68. The fraction of sp³-hybridized carbons (Fsp3) is 0.444. The number of carbonyl (C=O) groups is 1. The van der Waals surface area contributed by atoms with Crippen LogP contribution in [0.1, 0.15) is 5.56 Å². The first-order chi connectivity index (χ1) is 6.27. The highest BCUT2D eigenvalue weighted by Gasteiger charge is 2.16. The van der Waals surface area contributed by atoms with Crippen molar-refractivity contribution in [1.82, 2.24) is 0 Å². The smallest absolute Gasteiger partial charge is 0.217 e. The minimum absolute atomic E-state index is 0.0524. The summed E-state index contributed by atoms with van der Waals surface area (Å²) in [5.74, 6) is -0.0524. The average molecular weight is 200 g/mol. The second-order valence-electron chi connectivity index (χ2n) is 2.58. The summed E-state index contributed by atoms with van der Waals surface area (Å²) in [5.41, 5.74) is 1.01. The van der Waals surface area contributed by atoms with Gasteiger partial charge in [-0.2, -0.15) is 11.3 Å². The van der Waals surface area contributed by atoms with Crippen LogP contribution in [-0.2, 0) is 20.7 Å². The van der Waals surface area contributed by atoms with Crippen molar-refractivity contribution in [2.75, 3.05) is 14.2 Å². The molecule has 0 radical (unpaired) electrons. The van der Waals surface area contributed by atoms with Crippen LogP contribution in [0.4, 0.5) is 0 Å². The third-order valence-corrected chi connectivity index (χ3v) is 2.38. The zero-order chi connectivity index (χ0) is 9.68. The second-order valence-corrected chi connectivity index (χ2v) is 3.36. The molecule has 13 heavy (non-hydrogen) atoms. The standard InChI is InChI=1S/C9H12O3S/c1-11-9(12-2)8(10)5-7-3-4-13-6-7/h3-4,6,9H,5H2,1-2H3. The Hall–Kier alpha value is -0.710. The summed E-state index contributed by atoms with van der Waals surface area (Å²) in [6.45, 7) is 0. The van der Waals surface area contributed by atoms with Crippen molar-refractivity contribution in [2.45, 2.75) is 12.7 Å². The van der Waals surface area contributed by atoms with Crippen LogP contribution in [0.3, 0.4) is 0 Å². The molecule has 0 amide bonds. The van der Waals surface area contributed by atoms with Gasteiger partial charge < -0.3 is 9.47 Å². The summed E-state index contributed by atoms with van der Waals surface area (Å²) in [4.78, 5) is 11.4. The molecule has 0 saturated carbocycles. The molecule has 0 aromatic carbocycles. The molecular weight excluding hydrogens is 188 g/mol. The molecule has 0 N–H and O–H groups in total. The van der Waals surface area contributed by atoms with E-state index in [1.807, 2.05) is 16.8 Å². The van der Waals surface area contributed by atoms with Gasteiger partial charge in [0.2, 0.25) is 6.29 Å². The van der Waals surface area contributed by atoms with Crippen LogP contribution >= 0.6 is 11.3 Å². The Labute approximate surface area is 81.3 Å². The van der Waals surface area contributed by atoms with Crippen LogP contribution < -0.4 is 0 Å². The van der Waals surface area contributed by atoms with Crippen LogP contribution in [0.2, 0.25) is 0 Å². The molecule has 1 aromatic heterocycles. The molecule has 0 unspecified atom stereocenters. The molecule has 0 aliphatic heterocycles. The molecule has 0 aliphatic rings. The number of ketones is 1. The molecule has 3 nitrogen and oxygen atoms in total. The lowest BCUT2D eigenvalue weighted by Gasteiger charge is -2.10. The van der Waals surface area contributed by atoms with Gasteiger partial charge in [-0.3, -0.25) is 4.79 Å². The van der Waals surface area contributed by atoms with Crippen molar-refractivity contribution in [1.29, 1.82) is 0 Å². The van der Waals surface area contributed by atoms with E-state index in [0.29, 0.717) is 6.42 Å². The maximum absolute atomic E-state index is 11.4. The highest BCUT2D eigenvalue weighted by molar-refractivity contribution is 7.07. The Kier molecular flexibility index (Phi) is 4.08. The summed E-state index contributed by atoms with van der Waals surface area (Å²) in [7, 11) is 2.92. The SMILES string of the molecule is COC(OC)C(=O)Cc1ccsc1. The van der Waals surface area contributed by atoms with Crippen LogP contribution in [0.5, 0.6) is 0 Å². The molecule has 0 bridgehead atoms. The summed E-state index contributed by atoms with van der Waals surface area (Å²) in [6.07, 6.45) is -0.365. The largest absolute Gasteiger partial charge is 0.349 e. The molecule has 0 atom stereocenters. The maximum Gasteiger partial charge on any atom is 0.217 e. The number of methoxy groups -OCH3 is 2. The van der Waals surface area contributed by atoms with Gasteiger partial charge in [-0.25, -0.2) is 0 Å². The van der Waals surface area contributed by atoms with Gasteiger partial charge >= 0.3 is 0 Å². The number of Topliss-reactive ketones (excluding diaryl/α,β-unsaturated/α-hetero) is 1. The first-order valence-corrected chi connectivity index (χ1v) is 4.81. The summed E-state index contributed by atoms with van der Waals surface area (Å²) >= 11 is 1.57. The first kappa shape index (κ1) is 10.4. The molecule has 4 heteroatoms. The number of hydrogen-bond acceptors (Lipinski definition) is 4. The quantitative estimate of drug-likeness (QED) is 0.675. The van der Waals surface area contributed by atoms with E-state index in [1.165, 1.54) is 14.2 Å². The van der Waals surface area contributed by atoms with Crippen molar-refractivity contribution in [3.63, 3.8) is 0 Å². The molecule has 1 aromatic rings. The van der Waals surface area contributed by atoms with Crippen molar-refractivity contribution < 1.29 is 14.3 Å². The first-order valence-electron chi connectivity index (χ1n) is 3.87. The lowest BCUT2D eigenvalue weighted by Crippen LogP contribution is -2.26. The third-order valence-electron chi connectivity index (χ3n) is 1.65. The third kappa shape index (κ3) is 2.91. The van der Waals surface area contributed by atoms with E-state index in [2.05, 4.69) is 0 Å². The molecule has 1 rings (SSSR count). The van der Waals surface area contributed by atoms with Gasteiger partial charge in [0.05, 0.1) is 0 Å². The van der Waals surface area contributed by atoms with Gasteiger partial charge in [0.1, 0.15) is 0 Å². The van der Waals surface area contributed by atoms with Gasteiger partial charge in [0.25, 0.3) is 0 Å². The second kappa shape index (κ2) is 5.11. The van der Waals surface area contributed by atoms with E-state index >= 15 is 0 Å². The van der Waals surface area contributed by atoms with E-state index in [9.17, 15) is 4.79 Å². The number of ether oxygens (including phenoxy) is 2. The Morgan fingerprint density at radius 2 is 2.23 bits per heavy atom. The Balaban J connectivity index is 2.49. The Bertz CT molecular complexity index is 252. The molecular formula is C9H12O3S. The van der Waals surface area contributed by atoms with E-state index in [1.54, 1.807) is 11.3 Å².